The summed E-state index contributed by atoms with van der Waals surface area (Å²) in [6, 6.07) is 1.71. The highest BCUT2D eigenvalue weighted by Gasteiger charge is 2.20. The molecular formula is C14H20N2O3S3. The van der Waals surface area contributed by atoms with E-state index in [1.807, 2.05) is 26.2 Å². The van der Waals surface area contributed by atoms with Crippen molar-refractivity contribution in [3.8, 4) is 9.88 Å². The Morgan fingerprint density at radius 1 is 1.36 bits per heavy atom. The maximum absolute atomic E-state index is 12.4. The van der Waals surface area contributed by atoms with Crippen LogP contribution in [0, 0.1) is 13.8 Å². The van der Waals surface area contributed by atoms with Crippen molar-refractivity contribution >= 4 is 32.7 Å². The maximum Gasteiger partial charge on any atom is 0.241 e. The van der Waals surface area contributed by atoms with Crippen LogP contribution in [-0.4, -0.2) is 33.2 Å². The fraction of sp³-hybridized carbons (Fsp3) is 0.500. The lowest BCUT2D eigenvalue weighted by Gasteiger charge is -2.06. The molecule has 0 aliphatic heterocycles. The Morgan fingerprint density at radius 2 is 2.14 bits per heavy atom. The summed E-state index contributed by atoms with van der Waals surface area (Å²) < 4.78 is 32.6. The Hall–Kier alpha value is -0.800. The lowest BCUT2D eigenvalue weighted by molar-refractivity contribution is 0.146. The first-order valence-electron chi connectivity index (χ1n) is 7.04. The molecule has 0 radical (unpaired) electrons. The highest BCUT2D eigenvalue weighted by molar-refractivity contribution is 7.89. The summed E-state index contributed by atoms with van der Waals surface area (Å²) in [7, 11) is -3.48. The van der Waals surface area contributed by atoms with Gasteiger partial charge in [-0.15, -0.1) is 22.7 Å². The summed E-state index contributed by atoms with van der Waals surface area (Å²) in [6.45, 7) is 7.25. The van der Waals surface area contributed by atoms with Crippen LogP contribution in [0.25, 0.3) is 9.88 Å². The van der Waals surface area contributed by atoms with Gasteiger partial charge in [-0.05, 0) is 33.3 Å². The van der Waals surface area contributed by atoms with Crippen molar-refractivity contribution in [1.29, 1.82) is 0 Å². The van der Waals surface area contributed by atoms with Crippen molar-refractivity contribution < 1.29 is 13.2 Å². The van der Waals surface area contributed by atoms with Crippen LogP contribution in [-0.2, 0) is 14.8 Å². The second kappa shape index (κ2) is 7.65. The molecule has 2 heterocycles. The third kappa shape index (κ3) is 4.36. The van der Waals surface area contributed by atoms with E-state index in [4.69, 9.17) is 4.74 Å². The summed E-state index contributed by atoms with van der Waals surface area (Å²) in [5, 5.41) is 2.83. The van der Waals surface area contributed by atoms with Gasteiger partial charge in [0.2, 0.25) is 10.0 Å². The monoisotopic (exact) mass is 360 g/mol. The second-order valence-corrected chi connectivity index (χ2v) is 8.62. The number of aryl methyl sites for hydroxylation is 2. The van der Waals surface area contributed by atoms with E-state index in [-0.39, 0.29) is 0 Å². The van der Waals surface area contributed by atoms with Gasteiger partial charge < -0.3 is 4.74 Å². The lowest BCUT2D eigenvalue weighted by Crippen LogP contribution is -2.25. The second-order valence-electron chi connectivity index (χ2n) is 4.77. The number of aromatic nitrogens is 1. The predicted molar refractivity (Wildman–Crippen MR) is 91.2 cm³/mol. The van der Waals surface area contributed by atoms with Crippen molar-refractivity contribution in [2.75, 3.05) is 19.8 Å². The summed E-state index contributed by atoms with van der Waals surface area (Å²) in [5.41, 5.74) is 0.949. The molecule has 0 unspecified atom stereocenters. The molecule has 0 atom stereocenters. The molecule has 122 valence electrons. The van der Waals surface area contributed by atoms with Crippen LogP contribution in [0.3, 0.4) is 0 Å². The van der Waals surface area contributed by atoms with E-state index < -0.39 is 10.0 Å². The molecule has 0 aliphatic rings. The van der Waals surface area contributed by atoms with E-state index in [1.165, 1.54) is 22.7 Å². The molecule has 0 amide bonds. The number of thiophene rings is 1. The molecule has 2 rings (SSSR count). The quantitative estimate of drug-likeness (QED) is 0.734. The van der Waals surface area contributed by atoms with Crippen molar-refractivity contribution in [3.63, 3.8) is 0 Å². The molecule has 22 heavy (non-hydrogen) atoms. The average Bonchev–Trinajstić information content (AvgIpc) is 3.05. The first kappa shape index (κ1) is 17.6. The van der Waals surface area contributed by atoms with E-state index in [2.05, 4.69) is 9.71 Å². The Bertz CT molecular complexity index is 720. The SMILES string of the molecule is CCOCCCNS(=O)(=O)c1cc(-c2nc(C)cs2)sc1C. The third-order valence-electron chi connectivity index (χ3n) is 2.95. The van der Waals surface area contributed by atoms with Gasteiger partial charge in [0.05, 0.1) is 9.77 Å². The Labute approximate surface area is 139 Å². The number of ether oxygens (including phenoxy) is 1. The van der Waals surface area contributed by atoms with Crippen molar-refractivity contribution in [1.82, 2.24) is 9.71 Å². The van der Waals surface area contributed by atoms with Crippen LogP contribution in [0.2, 0.25) is 0 Å². The van der Waals surface area contributed by atoms with Crippen molar-refractivity contribution in [2.45, 2.75) is 32.1 Å². The molecule has 0 aliphatic carbocycles. The van der Waals surface area contributed by atoms with E-state index >= 15 is 0 Å². The standard InChI is InChI=1S/C14H20N2O3S3/c1-4-19-7-5-6-15-22(17,18)13-8-12(21-11(13)3)14-16-10(2)9-20-14/h8-9,15H,4-7H2,1-3H3. The summed E-state index contributed by atoms with van der Waals surface area (Å²) in [5.74, 6) is 0. The predicted octanol–water partition coefficient (Wildman–Crippen LogP) is 3.19. The first-order chi connectivity index (χ1) is 10.4. The molecule has 0 bridgehead atoms. The molecule has 5 nitrogen and oxygen atoms in total. The van der Waals surface area contributed by atoms with Crippen LogP contribution in [0.1, 0.15) is 23.9 Å². The average molecular weight is 361 g/mol. The molecule has 0 saturated carbocycles. The minimum atomic E-state index is -3.48. The normalized spacial score (nSPS) is 12.0. The van der Waals surface area contributed by atoms with Gasteiger partial charge in [-0.2, -0.15) is 0 Å². The van der Waals surface area contributed by atoms with Gasteiger partial charge in [0.15, 0.2) is 0 Å². The molecule has 2 aromatic heterocycles. The number of thiazole rings is 1. The number of nitrogens with one attached hydrogen (secondary N) is 1. The number of sulfonamides is 1. The number of nitrogens with zero attached hydrogens (tertiary/aromatic N) is 1. The Balaban J connectivity index is 2.09. The van der Waals surface area contributed by atoms with Crippen LogP contribution in [0.4, 0.5) is 0 Å². The third-order valence-corrected chi connectivity index (χ3v) is 6.85. The van der Waals surface area contributed by atoms with Gasteiger partial charge >= 0.3 is 0 Å². The minimum Gasteiger partial charge on any atom is -0.382 e. The topological polar surface area (TPSA) is 68.3 Å². The highest BCUT2D eigenvalue weighted by Crippen LogP contribution is 2.34. The molecule has 0 fully saturated rings. The van der Waals surface area contributed by atoms with Gasteiger partial charge in [0.1, 0.15) is 5.01 Å². The zero-order valence-corrected chi connectivity index (χ0v) is 15.3. The Kier molecular flexibility index (Phi) is 6.10. The zero-order chi connectivity index (χ0) is 16.2. The van der Waals surface area contributed by atoms with Crippen LogP contribution >= 0.6 is 22.7 Å². The summed E-state index contributed by atoms with van der Waals surface area (Å²) in [4.78, 5) is 6.43. The van der Waals surface area contributed by atoms with Crippen LogP contribution in [0.5, 0.6) is 0 Å². The minimum absolute atomic E-state index is 0.344. The zero-order valence-electron chi connectivity index (χ0n) is 12.9. The molecule has 2 aromatic rings. The van der Waals surface area contributed by atoms with Gasteiger partial charge in [0, 0.05) is 35.7 Å². The maximum atomic E-state index is 12.4. The van der Waals surface area contributed by atoms with Crippen LogP contribution in [0.15, 0.2) is 16.3 Å². The molecule has 0 aromatic carbocycles. The van der Waals surface area contributed by atoms with Gasteiger partial charge in [0.25, 0.3) is 0 Å². The summed E-state index contributed by atoms with van der Waals surface area (Å²) >= 11 is 2.99. The fourth-order valence-corrected chi connectivity index (χ4v) is 5.43. The molecule has 0 spiro atoms. The molecule has 0 saturated heterocycles. The van der Waals surface area contributed by atoms with Crippen molar-refractivity contribution in [2.24, 2.45) is 0 Å². The Morgan fingerprint density at radius 3 is 2.77 bits per heavy atom. The fourth-order valence-electron chi connectivity index (χ4n) is 1.91. The number of hydrogen-bond acceptors (Lipinski definition) is 6. The first-order valence-corrected chi connectivity index (χ1v) is 10.2. The van der Waals surface area contributed by atoms with Gasteiger partial charge in [-0.1, -0.05) is 0 Å². The van der Waals surface area contributed by atoms with E-state index in [9.17, 15) is 8.42 Å². The smallest absolute Gasteiger partial charge is 0.241 e. The number of rotatable bonds is 8. The molecule has 8 heteroatoms. The van der Waals surface area contributed by atoms with Crippen molar-refractivity contribution in [3.05, 3.63) is 22.0 Å². The lowest BCUT2D eigenvalue weighted by atomic mass is 10.4. The highest BCUT2D eigenvalue weighted by atomic mass is 32.2. The number of hydrogen-bond donors (Lipinski definition) is 1. The van der Waals surface area contributed by atoms with E-state index in [0.29, 0.717) is 31.1 Å². The van der Waals surface area contributed by atoms with Gasteiger partial charge in [-0.3, -0.25) is 0 Å². The van der Waals surface area contributed by atoms with Crippen LogP contribution < -0.4 is 4.72 Å². The van der Waals surface area contributed by atoms with Gasteiger partial charge in [-0.25, -0.2) is 18.1 Å². The van der Waals surface area contributed by atoms with E-state index in [0.717, 1.165) is 20.5 Å². The molecular weight excluding hydrogens is 340 g/mol. The largest absolute Gasteiger partial charge is 0.382 e. The molecule has 1 N–H and O–H groups in total. The summed E-state index contributed by atoms with van der Waals surface area (Å²) in [6.07, 6.45) is 0.661. The van der Waals surface area contributed by atoms with E-state index in [1.54, 1.807) is 6.07 Å².